The van der Waals surface area contributed by atoms with Gasteiger partial charge in [0.1, 0.15) is 5.84 Å². The van der Waals surface area contributed by atoms with E-state index in [-0.39, 0.29) is 0 Å². The van der Waals surface area contributed by atoms with Crippen molar-refractivity contribution in [3.63, 3.8) is 0 Å². The molecule has 2 aliphatic rings. The van der Waals surface area contributed by atoms with E-state index in [1.165, 1.54) is 94.6 Å². The molecule has 0 saturated carbocycles. The third kappa shape index (κ3) is 5.64. The van der Waals surface area contributed by atoms with Crippen molar-refractivity contribution in [3.8, 4) is 0 Å². The van der Waals surface area contributed by atoms with E-state index in [9.17, 15) is 0 Å². The SMILES string of the molecule is CCCCCCN1C(c2ccc3c(c2)Sc2ccccc2N3CC(CC)CCCC)=Nc2cccc3cccc1c23. The Morgan fingerprint density at radius 3 is 2.32 bits per heavy atom. The monoisotopic (exact) mass is 561 g/mol. The molecule has 4 aromatic rings. The zero-order valence-electron chi connectivity index (χ0n) is 24.9. The Bertz CT molecular complexity index is 1540. The van der Waals surface area contributed by atoms with Gasteiger partial charge in [0.2, 0.25) is 0 Å². The number of benzene rings is 4. The average molecular weight is 562 g/mol. The lowest BCUT2D eigenvalue weighted by Crippen LogP contribution is -2.34. The summed E-state index contributed by atoms with van der Waals surface area (Å²) in [7, 11) is 0. The second kappa shape index (κ2) is 12.7. The summed E-state index contributed by atoms with van der Waals surface area (Å²) in [6.45, 7) is 8.99. The van der Waals surface area contributed by atoms with E-state index in [0.717, 1.165) is 24.6 Å². The van der Waals surface area contributed by atoms with Crippen molar-refractivity contribution in [2.45, 2.75) is 81.9 Å². The van der Waals surface area contributed by atoms with Crippen LogP contribution in [0.2, 0.25) is 0 Å². The van der Waals surface area contributed by atoms with Gasteiger partial charge in [0, 0.05) is 33.8 Å². The Hall–Kier alpha value is -3.24. The predicted molar refractivity (Wildman–Crippen MR) is 179 cm³/mol. The van der Waals surface area contributed by atoms with Crippen molar-refractivity contribution in [3.05, 3.63) is 84.4 Å². The second-order valence-corrected chi connectivity index (χ2v) is 12.7. The Balaban J connectivity index is 1.40. The van der Waals surface area contributed by atoms with Gasteiger partial charge < -0.3 is 9.80 Å². The number of hydrogen-bond donors (Lipinski definition) is 0. The van der Waals surface area contributed by atoms with E-state index in [0.29, 0.717) is 5.92 Å². The molecule has 2 heterocycles. The number of unbranched alkanes of at least 4 members (excludes halogenated alkanes) is 4. The second-order valence-electron chi connectivity index (χ2n) is 11.6. The van der Waals surface area contributed by atoms with Crippen molar-refractivity contribution >= 4 is 51.1 Å². The van der Waals surface area contributed by atoms with Gasteiger partial charge in [-0.15, -0.1) is 0 Å². The topological polar surface area (TPSA) is 18.8 Å². The molecule has 0 aromatic heterocycles. The summed E-state index contributed by atoms with van der Waals surface area (Å²) in [6.07, 6.45) is 10.0. The molecule has 2 aliphatic heterocycles. The molecule has 0 aliphatic carbocycles. The molecule has 1 atom stereocenters. The lowest BCUT2D eigenvalue weighted by Gasteiger charge is -2.36. The number of hydrogen-bond acceptors (Lipinski definition) is 4. The van der Waals surface area contributed by atoms with Crippen molar-refractivity contribution in [1.82, 2.24) is 0 Å². The largest absolute Gasteiger partial charge is 0.339 e. The summed E-state index contributed by atoms with van der Waals surface area (Å²) in [5.74, 6) is 1.77. The van der Waals surface area contributed by atoms with Crippen LogP contribution in [0.1, 0.15) is 77.7 Å². The first-order chi connectivity index (χ1) is 20.2. The lowest BCUT2D eigenvalue weighted by molar-refractivity contribution is 0.457. The van der Waals surface area contributed by atoms with Crippen LogP contribution in [0, 0.1) is 5.92 Å². The van der Waals surface area contributed by atoms with Gasteiger partial charge in [-0.05, 0) is 66.6 Å². The van der Waals surface area contributed by atoms with Gasteiger partial charge in [-0.1, -0.05) is 107 Å². The molecule has 0 radical (unpaired) electrons. The molecule has 4 heteroatoms. The van der Waals surface area contributed by atoms with Crippen molar-refractivity contribution in [1.29, 1.82) is 0 Å². The van der Waals surface area contributed by atoms with E-state index in [2.05, 4.69) is 109 Å². The maximum Gasteiger partial charge on any atom is 0.141 e. The minimum Gasteiger partial charge on any atom is -0.339 e. The van der Waals surface area contributed by atoms with Crippen LogP contribution in [0.3, 0.4) is 0 Å². The summed E-state index contributed by atoms with van der Waals surface area (Å²) in [4.78, 5) is 13.1. The number of para-hydroxylation sites is 1. The molecule has 4 aromatic carbocycles. The zero-order chi connectivity index (χ0) is 28.2. The minimum atomic E-state index is 0.692. The van der Waals surface area contributed by atoms with Crippen LogP contribution in [0.25, 0.3) is 10.8 Å². The van der Waals surface area contributed by atoms with E-state index < -0.39 is 0 Å². The predicted octanol–water partition coefficient (Wildman–Crippen LogP) is 11.1. The molecule has 0 bridgehead atoms. The third-order valence-corrected chi connectivity index (χ3v) is 9.85. The molecule has 212 valence electrons. The normalized spacial score (nSPS) is 14.6. The summed E-state index contributed by atoms with van der Waals surface area (Å²) < 4.78 is 0. The first kappa shape index (κ1) is 27.9. The number of nitrogens with zero attached hydrogens (tertiary/aromatic N) is 3. The molecular weight excluding hydrogens is 518 g/mol. The molecule has 0 saturated heterocycles. The average Bonchev–Trinajstić information content (AvgIpc) is 3.01. The summed E-state index contributed by atoms with van der Waals surface area (Å²) >= 11 is 1.91. The van der Waals surface area contributed by atoms with Gasteiger partial charge in [0.25, 0.3) is 0 Å². The molecule has 3 nitrogen and oxygen atoms in total. The van der Waals surface area contributed by atoms with Crippen LogP contribution in [-0.2, 0) is 0 Å². The lowest BCUT2D eigenvalue weighted by atomic mass is 9.97. The van der Waals surface area contributed by atoms with Crippen molar-refractivity contribution < 1.29 is 0 Å². The summed E-state index contributed by atoms with van der Waals surface area (Å²) in [5, 5.41) is 2.54. The Morgan fingerprint density at radius 1 is 0.707 bits per heavy atom. The fraction of sp³-hybridized carbons (Fsp3) is 0.378. The molecule has 0 spiro atoms. The summed E-state index contributed by atoms with van der Waals surface area (Å²) in [5.41, 5.74) is 6.26. The molecule has 1 unspecified atom stereocenters. The first-order valence-corrected chi connectivity index (χ1v) is 16.6. The highest BCUT2D eigenvalue weighted by Crippen LogP contribution is 2.49. The van der Waals surface area contributed by atoms with Crippen LogP contribution in [0.5, 0.6) is 0 Å². The van der Waals surface area contributed by atoms with E-state index in [4.69, 9.17) is 4.99 Å². The van der Waals surface area contributed by atoms with Gasteiger partial charge in [-0.3, -0.25) is 0 Å². The molecule has 0 amide bonds. The minimum absolute atomic E-state index is 0.692. The summed E-state index contributed by atoms with van der Waals surface area (Å²) in [6, 6.07) is 29.2. The van der Waals surface area contributed by atoms with Crippen molar-refractivity contribution in [2.75, 3.05) is 22.9 Å². The fourth-order valence-electron chi connectivity index (χ4n) is 6.40. The van der Waals surface area contributed by atoms with Gasteiger partial charge in [0.15, 0.2) is 0 Å². The van der Waals surface area contributed by atoms with Crippen molar-refractivity contribution in [2.24, 2.45) is 10.9 Å². The first-order valence-electron chi connectivity index (χ1n) is 15.8. The smallest absolute Gasteiger partial charge is 0.141 e. The molecule has 0 N–H and O–H groups in total. The quantitative estimate of drug-likeness (QED) is 0.160. The van der Waals surface area contributed by atoms with Crippen LogP contribution >= 0.6 is 11.8 Å². The maximum atomic E-state index is 5.34. The number of anilines is 3. The Morgan fingerprint density at radius 2 is 1.49 bits per heavy atom. The van der Waals surface area contributed by atoms with Crippen LogP contribution in [0.15, 0.2) is 93.6 Å². The van der Waals surface area contributed by atoms with Gasteiger partial charge in [-0.25, -0.2) is 4.99 Å². The number of amidine groups is 1. The molecule has 6 rings (SSSR count). The standard InChI is InChI=1S/C37H43N3S/c1-4-7-9-12-24-39-33-20-14-17-28-16-13-18-30(36(28)33)38-37(39)29-22-23-32-35(25-29)41-34-21-11-10-19-31(34)40(32)26-27(6-3)15-8-5-2/h10-11,13-14,16-23,25,27H,4-9,12,15,24,26H2,1-3H3. The molecular formula is C37H43N3S. The molecule has 0 fully saturated rings. The number of aliphatic imine (C=N–C) groups is 1. The highest BCUT2D eigenvalue weighted by molar-refractivity contribution is 7.99. The van der Waals surface area contributed by atoms with E-state index >= 15 is 0 Å². The maximum absolute atomic E-state index is 5.34. The zero-order valence-corrected chi connectivity index (χ0v) is 25.7. The van der Waals surface area contributed by atoms with Crippen LogP contribution < -0.4 is 9.80 Å². The van der Waals surface area contributed by atoms with E-state index in [1.807, 2.05) is 11.8 Å². The number of fused-ring (bicyclic) bond motifs is 2. The van der Waals surface area contributed by atoms with Gasteiger partial charge in [0.05, 0.1) is 22.7 Å². The highest BCUT2D eigenvalue weighted by atomic mass is 32.2. The van der Waals surface area contributed by atoms with Gasteiger partial charge in [-0.2, -0.15) is 0 Å². The van der Waals surface area contributed by atoms with Gasteiger partial charge >= 0.3 is 0 Å². The van der Waals surface area contributed by atoms with Crippen LogP contribution in [0.4, 0.5) is 22.7 Å². The van der Waals surface area contributed by atoms with E-state index in [1.54, 1.807) is 0 Å². The van der Waals surface area contributed by atoms with Crippen LogP contribution in [-0.4, -0.2) is 18.9 Å². The molecule has 41 heavy (non-hydrogen) atoms. The fourth-order valence-corrected chi connectivity index (χ4v) is 7.53. The Kier molecular flexibility index (Phi) is 8.67. The Labute approximate surface area is 250 Å². The number of rotatable bonds is 12. The highest BCUT2D eigenvalue weighted by Gasteiger charge is 2.28. The third-order valence-electron chi connectivity index (χ3n) is 8.74.